The van der Waals surface area contributed by atoms with Gasteiger partial charge in [0.05, 0.1) is 16.4 Å². The van der Waals surface area contributed by atoms with Gasteiger partial charge in [-0.05, 0) is 69.3 Å². The van der Waals surface area contributed by atoms with Gasteiger partial charge in [0.25, 0.3) is 0 Å². The van der Waals surface area contributed by atoms with Crippen molar-refractivity contribution < 1.29 is 4.42 Å². The zero-order valence-electron chi connectivity index (χ0n) is 33.8. The van der Waals surface area contributed by atoms with Crippen molar-refractivity contribution in [2.24, 2.45) is 0 Å². The van der Waals surface area contributed by atoms with Crippen LogP contribution in [-0.2, 0) is 5.41 Å². The van der Waals surface area contributed by atoms with E-state index in [0.717, 1.165) is 49.8 Å². The molecule has 0 amide bonds. The van der Waals surface area contributed by atoms with Gasteiger partial charge in [-0.3, -0.25) is 0 Å². The average Bonchev–Trinajstić information content (AvgIpc) is 4.08. The van der Waals surface area contributed by atoms with Gasteiger partial charge in [-0.2, -0.15) is 0 Å². The summed E-state index contributed by atoms with van der Waals surface area (Å²) in [6.07, 6.45) is 0. The smallest absolute Gasteiger partial charge is 0.164 e. The fourth-order valence-corrected chi connectivity index (χ4v) is 11.0. The van der Waals surface area contributed by atoms with Crippen LogP contribution in [-0.4, -0.2) is 19.5 Å². The monoisotopic (exact) mass is 802 g/mol. The highest BCUT2D eigenvalue weighted by Gasteiger charge is 2.52. The molecule has 0 bridgehead atoms. The van der Waals surface area contributed by atoms with Crippen molar-refractivity contribution in [3.05, 3.63) is 229 Å². The Morgan fingerprint density at radius 2 is 0.952 bits per heavy atom. The van der Waals surface area contributed by atoms with Crippen molar-refractivity contribution in [3.8, 4) is 62.1 Å². The number of nitrogens with zero attached hydrogens (tertiary/aromatic N) is 4. The van der Waals surface area contributed by atoms with E-state index in [1.807, 2.05) is 48.5 Å². The molecular weight excluding hydrogens is 769 g/mol. The molecule has 0 unspecified atom stereocenters. The van der Waals surface area contributed by atoms with Gasteiger partial charge in [-0.1, -0.05) is 176 Å². The SMILES string of the molecule is c1ccc(-c2nc(-c3cccc(-n4c5ccccc5c5ccc6c(c54)-c4ccccc4C64c5ccccc5-c5ccccc54)c3)nc(-c3cccc4oc5ccccc5c34)n2)cc1. The summed E-state index contributed by atoms with van der Waals surface area (Å²) in [5, 5.41) is 4.44. The van der Waals surface area contributed by atoms with Gasteiger partial charge in [0.1, 0.15) is 11.2 Å². The summed E-state index contributed by atoms with van der Waals surface area (Å²) in [6, 6.07) is 73.7. The Hall–Kier alpha value is -8.41. The first-order valence-electron chi connectivity index (χ1n) is 21.4. The van der Waals surface area contributed by atoms with Gasteiger partial charge in [0.2, 0.25) is 0 Å². The third-order valence-electron chi connectivity index (χ3n) is 13.5. The van der Waals surface area contributed by atoms with Crippen LogP contribution in [0.15, 0.2) is 211 Å². The van der Waals surface area contributed by atoms with Gasteiger partial charge >= 0.3 is 0 Å². The largest absolute Gasteiger partial charge is 0.456 e. The highest BCUT2D eigenvalue weighted by molar-refractivity contribution is 6.17. The second kappa shape index (κ2) is 12.8. The predicted octanol–water partition coefficient (Wildman–Crippen LogP) is 14.2. The van der Waals surface area contributed by atoms with Crippen LogP contribution in [0.4, 0.5) is 0 Å². The molecule has 0 atom stereocenters. The van der Waals surface area contributed by atoms with Crippen LogP contribution in [0.5, 0.6) is 0 Å². The normalized spacial score (nSPS) is 13.2. The number of furan rings is 1. The topological polar surface area (TPSA) is 56.7 Å². The Balaban J connectivity index is 1.03. The Morgan fingerprint density at radius 3 is 1.75 bits per heavy atom. The standard InChI is InChI=1S/C58H34N4O/c1-2-16-35(17-3-1)55-59-56(61-57(60-55)44-25-15-31-51-52(44)43-24-8-13-30-50(43)63-51)36-18-14-19-37(34-36)62-49-29-12-7-22-40(49)41-32-33-48-53(54(41)62)42-23-6-11-28-47(42)58(48)45-26-9-4-20-38(45)39-21-5-10-27-46(39)58/h1-34H. The fourth-order valence-electron chi connectivity index (χ4n) is 11.0. The molecule has 0 saturated carbocycles. The molecule has 0 saturated heterocycles. The molecule has 0 fully saturated rings. The van der Waals surface area contributed by atoms with Crippen molar-refractivity contribution >= 4 is 43.7 Å². The van der Waals surface area contributed by atoms with Crippen molar-refractivity contribution in [3.63, 3.8) is 0 Å². The van der Waals surface area contributed by atoms with Gasteiger partial charge < -0.3 is 8.98 Å². The first-order valence-corrected chi connectivity index (χ1v) is 21.4. The summed E-state index contributed by atoms with van der Waals surface area (Å²) in [6.45, 7) is 0. The van der Waals surface area contributed by atoms with Crippen LogP contribution < -0.4 is 0 Å². The molecule has 0 radical (unpaired) electrons. The maximum absolute atomic E-state index is 6.32. The molecule has 292 valence electrons. The Kier molecular flexibility index (Phi) is 6.97. The van der Waals surface area contributed by atoms with Gasteiger partial charge in [-0.15, -0.1) is 0 Å². The molecule has 63 heavy (non-hydrogen) atoms. The molecule has 3 aromatic heterocycles. The van der Waals surface area contributed by atoms with E-state index in [1.165, 1.54) is 60.8 Å². The quantitative estimate of drug-likeness (QED) is 0.178. The third-order valence-corrected chi connectivity index (χ3v) is 13.5. The molecule has 14 rings (SSSR count). The molecule has 9 aromatic carbocycles. The average molecular weight is 803 g/mol. The first-order chi connectivity index (χ1) is 31.3. The van der Waals surface area contributed by atoms with Gasteiger partial charge in [-0.25, -0.2) is 15.0 Å². The Bertz CT molecular complexity index is 3830. The van der Waals surface area contributed by atoms with E-state index in [2.05, 4.69) is 162 Å². The van der Waals surface area contributed by atoms with E-state index < -0.39 is 5.41 Å². The van der Waals surface area contributed by atoms with Crippen LogP contribution in [0, 0.1) is 0 Å². The predicted molar refractivity (Wildman–Crippen MR) is 254 cm³/mol. The number of rotatable bonds is 4. The molecule has 2 aliphatic rings. The Labute approximate surface area is 362 Å². The maximum atomic E-state index is 6.32. The van der Waals surface area contributed by atoms with E-state index in [-0.39, 0.29) is 0 Å². The molecule has 3 heterocycles. The van der Waals surface area contributed by atoms with E-state index in [4.69, 9.17) is 19.4 Å². The summed E-state index contributed by atoms with van der Waals surface area (Å²) < 4.78 is 8.78. The first kappa shape index (κ1) is 34.3. The summed E-state index contributed by atoms with van der Waals surface area (Å²) in [5.74, 6) is 1.80. The molecule has 2 aliphatic carbocycles. The van der Waals surface area contributed by atoms with Crippen molar-refractivity contribution in [1.29, 1.82) is 0 Å². The zero-order chi connectivity index (χ0) is 41.2. The maximum Gasteiger partial charge on any atom is 0.164 e. The van der Waals surface area contributed by atoms with Crippen molar-refractivity contribution in [2.45, 2.75) is 5.41 Å². The van der Waals surface area contributed by atoms with E-state index >= 15 is 0 Å². The Morgan fingerprint density at radius 1 is 0.381 bits per heavy atom. The molecule has 0 aliphatic heterocycles. The highest BCUT2D eigenvalue weighted by atomic mass is 16.3. The lowest BCUT2D eigenvalue weighted by atomic mass is 9.70. The second-order valence-electron chi connectivity index (χ2n) is 16.6. The number of para-hydroxylation sites is 2. The van der Waals surface area contributed by atoms with Crippen LogP contribution in [0.1, 0.15) is 22.3 Å². The number of fused-ring (bicyclic) bond motifs is 17. The van der Waals surface area contributed by atoms with Crippen molar-refractivity contribution in [1.82, 2.24) is 19.5 Å². The minimum atomic E-state index is -0.450. The molecule has 1 spiro atoms. The molecular formula is C58H34N4O. The van der Waals surface area contributed by atoms with E-state index in [9.17, 15) is 0 Å². The molecule has 0 N–H and O–H groups in total. The molecule has 12 aromatic rings. The van der Waals surface area contributed by atoms with Crippen LogP contribution in [0.25, 0.3) is 106 Å². The van der Waals surface area contributed by atoms with Gasteiger partial charge in [0.15, 0.2) is 17.5 Å². The summed E-state index contributed by atoms with van der Waals surface area (Å²) in [4.78, 5) is 15.6. The van der Waals surface area contributed by atoms with E-state index in [1.54, 1.807) is 0 Å². The van der Waals surface area contributed by atoms with Crippen molar-refractivity contribution in [2.75, 3.05) is 0 Å². The third kappa shape index (κ3) is 4.63. The minimum Gasteiger partial charge on any atom is -0.456 e. The van der Waals surface area contributed by atoms with Crippen LogP contribution in [0.2, 0.25) is 0 Å². The molecule has 5 heteroatoms. The lowest BCUT2D eigenvalue weighted by Crippen LogP contribution is -2.25. The minimum absolute atomic E-state index is 0.450. The van der Waals surface area contributed by atoms with E-state index in [0.29, 0.717) is 17.5 Å². The number of aromatic nitrogens is 4. The van der Waals surface area contributed by atoms with Crippen LogP contribution >= 0.6 is 0 Å². The lowest BCUT2D eigenvalue weighted by molar-refractivity contribution is 0.669. The number of hydrogen-bond donors (Lipinski definition) is 0. The lowest BCUT2D eigenvalue weighted by Gasteiger charge is -2.30. The number of benzene rings is 9. The highest BCUT2D eigenvalue weighted by Crippen LogP contribution is 2.64. The summed E-state index contributed by atoms with van der Waals surface area (Å²) >= 11 is 0. The molecule has 5 nitrogen and oxygen atoms in total. The fraction of sp³-hybridized carbons (Fsp3) is 0.0172. The number of hydrogen-bond acceptors (Lipinski definition) is 4. The van der Waals surface area contributed by atoms with Crippen LogP contribution in [0.3, 0.4) is 0 Å². The summed E-state index contributed by atoms with van der Waals surface area (Å²) in [7, 11) is 0. The summed E-state index contributed by atoms with van der Waals surface area (Å²) in [5.41, 5.74) is 17.7. The van der Waals surface area contributed by atoms with Gasteiger partial charge in [0, 0.05) is 49.5 Å². The zero-order valence-corrected chi connectivity index (χ0v) is 33.8. The second-order valence-corrected chi connectivity index (χ2v) is 16.6.